The molecule has 0 bridgehead atoms. The van der Waals surface area contributed by atoms with Crippen molar-refractivity contribution in [2.24, 2.45) is 0 Å². The van der Waals surface area contributed by atoms with Gasteiger partial charge in [0.05, 0.1) is 15.7 Å². The van der Waals surface area contributed by atoms with Crippen molar-refractivity contribution < 1.29 is 4.79 Å². The third-order valence-electron chi connectivity index (χ3n) is 1.55. The molecule has 76 valence electrons. The van der Waals surface area contributed by atoms with Gasteiger partial charge < -0.3 is 5.32 Å². The van der Waals surface area contributed by atoms with Gasteiger partial charge in [0, 0.05) is 11.8 Å². The van der Waals surface area contributed by atoms with E-state index in [2.05, 4.69) is 5.32 Å². The quantitative estimate of drug-likeness (QED) is 0.811. The zero-order chi connectivity index (χ0) is 10.7. The Bertz CT molecular complexity index is 368. The summed E-state index contributed by atoms with van der Waals surface area (Å²) in [4.78, 5) is 11.7. The average Bonchev–Trinajstić information content (AvgIpc) is 2.10. The first-order valence-corrected chi connectivity index (χ1v) is 5.83. The summed E-state index contributed by atoms with van der Waals surface area (Å²) in [7, 11) is 0. The minimum absolute atomic E-state index is 0.167. The molecule has 1 aromatic carbocycles. The SMILES string of the molecule is CSc1cc(Cl)c(NC(C)=O)cc1Cl. The van der Waals surface area contributed by atoms with Gasteiger partial charge in [-0.3, -0.25) is 4.79 Å². The molecule has 0 aliphatic rings. The van der Waals surface area contributed by atoms with E-state index < -0.39 is 0 Å². The second kappa shape index (κ2) is 4.91. The van der Waals surface area contributed by atoms with Crippen molar-refractivity contribution in [3.63, 3.8) is 0 Å². The van der Waals surface area contributed by atoms with E-state index in [4.69, 9.17) is 23.2 Å². The van der Waals surface area contributed by atoms with Crippen molar-refractivity contribution >= 4 is 46.6 Å². The molecule has 0 aliphatic carbocycles. The number of rotatable bonds is 2. The Labute approximate surface area is 97.0 Å². The number of carbonyl (C=O) groups excluding carboxylic acids is 1. The van der Waals surface area contributed by atoms with Crippen molar-refractivity contribution in [3.05, 3.63) is 22.2 Å². The summed E-state index contributed by atoms with van der Waals surface area (Å²) in [5.74, 6) is -0.167. The van der Waals surface area contributed by atoms with E-state index in [1.54, 1.807) is 12.1 Å². The third kappa shape index (κ3) is 2.80. The van der Waals surface area contributed by atoms with Crippen LogP contribution in [0.25, 0.3) is 0 Å². The summed E-state index contributed by atoms with van der Waals surface area (Å²) in [5, 5.41) is 3.68. The monoisotopic (exact) mass is 249 g/mol. The highest BCUT2D eigenvalue weighted by molar-refractivity contribution is 7.98. The van der Waals surface area contributed by atoms with E-state index >= 15 is 0 Å². The van der Waals surface area contributed by atoms with E-state index in [1.165, 1.54) is 18.7 Å². The molecule has 14 heavy (non-hydrogen) atoms. The molecule has 5 heteroatoms. The molecule has 0 aromatic heterocycles. The van der Waals surface area contributed by atoms with Crippen LogP contribution in [0.4, 0.5) is 5.69 Å². The number of hydrogen-bond donors (Lipinski definition) is 1. The lowest BCUT2D eigenvalue weighted by Gasteiger charge is -2.08. The van der Waals surface area contributed by atoms with Gasteiger partial charge in [0.25, 0.3) is 0 Å². The largest absolute Gasteiger partial charge is 0.325 e. The van der Waals surface area contributed by atoms with E-state index in [9.17, 15) is 4.79 Å². The van der Waals surface area contributed by atoms with Crippen LogP contribution >= 0.6 is 35.0 Å². The number of hydrogen-bond acceptors (Lipinski definition) is 2. The van der Waals surface area contributed by atoms with Crippen molar-refractivity contribution in [3.8, 4) is 0 Å². The normalized spacial score (nSPS) is 10.0. The Morgan fingerprint density at radius 2 is 2.00 bits per heavy atom. The smallest absolute Gasteiger partial charge is 0.221 e. The Morgan fingerprint density at radius 3 is 2.50 bits per heavy atom. The zero-order valence-electron chi connectivity index (χ0n) is 7.73. The summed E-state index contributed by atoms with van der Waals surface area (Å²) in [5.41, 5.74) is 0.543. The maximum absolute atomic E-state index is 10.8. The molecule has 0 saturated carbocycles. The van der Waals surface area contributed by atoms with Gasteiger partial charge in [-0.2, -0.15) is 0 Å². The van der Waals surface area contributed by atoms with Crippen molar-refractivity contribution in [1.82, 2.24) is 0 Å². The molecule has 1 amide bonds. The number of anilines is 1. The lowest BCUT2D eigenvalue weighted by molar-refractivity contribution is -0.114. The van der Waals surface area contributed by atoms with E-state index in [0.29, 0.717) is 15.7 Å². The fraction of sp³-hybridized carbons (Fsp3) is 0.222. The van der Waals surface area contributed by atoms with Gasteiger partial charge >= 0.3 is 0 Å². The Kier molecular flexibility index (Phi) is 4.11. The third-order valence-corrected chi connectivity index (χ3v) is 3.07. The Morgan fingerprint density at radius 1 is 1.36 bits per heavy atom. The molecule has 1 N–H and O–H groups in total. The van der Waals surface area contributed by atoms with Gasteiger partial charge in [-0.25, -0.2) is 0 Å². The molecule has 0 spiro atoms. The molecule has 0 atom stereocenters. The van der Waals surface area contributed by atoms with Crippen LogP contribution in [0, 0.1) is 0 Å². The fourth-order valence-electron chi connectivity index (χ4n) is 0.970. The Balaban J connectivity index is 3.08. The summed E-state index contributed by atoms with van der Waals surface area (Å²) in [6, 6.07) is 3.39. The van der Waals surface area contributed by atoms with Crippen LogP contribution in [0.5, 0.6) is 0 Å². The molecule has 1 aromatic rings. The topological polar surface area (TPSA) is 29.1 Å². The lowest BCUT2D eigenvalue weighted by atomic mass is 10.3. The first kappa shape index (κ1) is 11.7. The standard InChI is InChI=1S/C9H9Cl2NOS/c1-5(13)12-8-3-7(11)9(14-2)4-6(8)10/h3-4H,1-2H3,(H,12,13). The summed E-state index contributed by atoms with van der Waals surface area (Å²) >= 11 is 13.4. The second-order valence-corrected chi connectivity index (χ2v) is 4.31. The number of amides is 1. The van der Waals surface area contributed by atoms with E-state index in [1.807, 2.05) is 6.26 Å². The van der Waals surface area contributed by atoms with Crippen LogP contribution in [0.1, 0.15) is 6.92 Å². The van der Waals surface area contributed by atoms with Gasteiger partial charge in [0.2, 0.25) is 5.91 Å². The predicted molar refractivity (Wildman–Crippen MR) is 62.5 cm³/mol. The number of halogens is 2. The maximum Gasteiger partial charge on any atom is 0.221 e. The summed E-state index contributed by atoms with van der Waals surface area (Å²) in [6.07, 6.45) is 1.91. The molecule has 0 unspecified atom stereocenters. The van der Waals surface area contributed by atoms with Gasteiger partial charge in [0.1, 0.15) is 0 Å². The van der Waals surface area contributed by atoms with Crippen LogP contribution in [0.2, 0.25) is 10.0 Å². The van der Waals surface area contributed by atoms with E-state index in [-0.39, 0.29) is 5.91 Å². The summed E-state index contributed by atoms with van der Waals surface area (Å²) < 4.78 is 0. The number of thioether (sulfide) groups is 1. The average molecular weight is 250 g/mol. The highest BCUT2D eigenvalue weighted by Crippen LogP contribution is 2.33. The van der Waals surface area contributed by atoms with Crippen molar-refractivity contribution in [2.45, 2.75) is 11.8 Å². The van der Waals surface area contributed by atoms with Crippen LogP contribution < -0.4 is 5.32 Å². The minimum atomic E-state index is -0.167. The molecule has 0 heterocycles. The van der Waals surface area contributed by atoms with Crippen LogP contribution in [0.15, 0.2) is 17.0 Å². The predicted octanol–water partition coefficient (Wildman–Crippen LogP) is 3.67. The maximum atomic E-state index is 10.8. The number of carbonyl (C=O) groups is 1. The molecule has 0 fully saturated rings. The molecule has 1 rings (SSSR count). The first-order valence-electron chi connectivity index (χ1n) is 3.85. The molecule has 0 aliphatic heterocycles. The van der Waals surface area contributed by atoms with Crippen molar-refractivity contribution in [2.75, 3.05) is 11.6 Å². The summed E-state index contributed by atoms with van der Waals surface area (Å²) in [6.45, 7) is 1.42. The number of nitrogens with one attached hydrogen (secondary N) is 1. The van der Waals surface area contributed by atoms with E-state index in [0.717, 1.165) is 4.90 Å². The zero-order valence-corrected chi connectivity index (χ0v) is 10.1. The van der Waals surface area contributed by atoms with Crippen LogP contribution in [-0.2, 0) is 4.79 Å². The van der Waals surface area contributed by atoms with Crippen LogP contribution in [-0.4, -0.2) is 12.2 Å². The lowest BCUT2D eigenvalue weighted by Crippen LogP contribution is -2.06. The molecule has 2 nitrogen and oxygen atoms in total. The molecular weight excluding hydrogens is 241 g/mol. The van der Waals surface area contributed by atoms with Crippen LogP contribution in [0.3, 0.4) is 0 Å². The second-order valence-electron chi connectivity index (χ2n) is 2.65. The highest BCUT2D eigenvalue weighted by atomic mass is 35.5. The van der Waals surface area contributed by atoms with Gasteiger partial charge in [0.15, 0.2) is 0 Å². The van der Waals surface area contributed by atoms with Crippen molar-refractivity contribution in [1.29, 1.82) is 0 Å². The molecule has 0 saturated heterocycles. The highest BCUT2D eigenvalue weighted by Gasteiger charge is 2.07. The first-order chi connectivity index (χ1) is 6.54. The van der Waals surface area contributed by atoms with Gasteiger partial charge in [-0.05, 0) is 18.4 Å². The molecular formula is C9H9Cl2NOS. The fourth-order valence-corrected chi connectivity index (χ4v) is 2.13. The molecule has 0 radical (unpaired) electrons. The van der Waals surface area contributed by atoms with Gasteiger partial charge in [-0.1, -0.05) is 23.2 Å². The minimum Gasteiger partial charge on any atom is -0.325 e. The van der Waals surface area contributed by atoms with Gasteiger partial charge in [-0.15, -0.1) is 11.8 Å². The number of benzene rings is 1. The Hall–Kier alpha value is -0.380.